The van der Waals surface area contributed by atoms with Crippen LogP contribution in [0.1, 0.15) is 239 Å². The molecule has 0 atom stereocenters. The van der Waals surface area contributed by atoms with Crippen molar-refractivity contribution in [2.75, 3.05) is 0 Å². The van der Waals surface area contributed by atoms with Gasteiger partial charge in [-0.1, -0.05) is 172 Å². The Morgan fingerprint density at radius 2 is 0.605 bits per heavy atom. The van der Waals surface area contributed by atoms with E-state index >= 15 is 0 Å². The number of carbonyl (C=O) groups is 1. The fraction of sp³-hybridized carbons (Fsp3) is 0.881. The van der Waals surface area contributed by atoms with Crippen molar-refractivity contribution in [3.8, 4) is 0 Å². The molecule has 0 rings (SSSR count). The highest BCUT2D eigenvalue weighted by Crippen LogP contribution is 2.21. The maximum absolute atomic E-state index is 10.4. The first-order valence-electron chi connectivity index (χ1n) is 20.1. The fourth-order valence-electron chi connectivity index (χ4n) is 6.38. The Morgan fingerprint density at radius 3 is 0.953 bits per heavy atom. The minimum absolute atomic E-state index is 0.747. The normalized spacial score (nSPS) is 12.3. The SMILES string of the molecule is CCCCCCCCCCCCCCCC/C(=C\CCCCCC/C(=C\CCCCCCCC=O)CCCC)CCCC. The van der Waals surface area contributed by atoms with Crippen molar-refractivity contribution in [2.45, 2.75) is 239 Å². The Labute approximate surface area is 272 Å². The van der Waals surface area contributed by atoms with Gasteiger partial charge in [-0.25, -0.2) is 0 Å². The lowest BCUT2D eigenvalue weighted by Crippen LogP contribution is -1.89. The van der Waals surface area contributed by atoms with Crippen molar-refractivity contribution in [1.29, 1.82) is 0 Å². The minimum Gasteiger partial charge on any atom is -0.303 e. The third-order valence-electron chi connectivity index (χ3n) is 9.40. The van der Waals surface area contributed by atoms with Gasteiger partial charge in [-0.3, -0.25) is 0 Å². The lowest BCUT2D eigenvalue weighted by Gasteiger charge is -2.09. The average Bonchev–Trinajstić information content (AvgIpc) is 3.02. The molecule has 0 unspecified atom stereocenters. The third-order valence-corrected chi connectivity index (χ3v) is 9.40. The average molecular weight is 601 g/mol. The van der Waals surface area contributed by atoms with Crippen molar-refractivity contribution >= 4 is 6.29 Å². The van der Waals surface area contributed by atoms with E-state index in [9.17, 15) is 4.79 Å². The molecule has 0 aliphatic carbocycles. The van der Waals surface area contributed by atoms with Crippen LogP contribution in [0, 0.1) is 0 Å². The number of hydrogen-bond donors (Lipinski definition) is 0. The monoisotopic (exact) mass is 601 g/mol. The first kappa shape index (κ1) is 42.1. The van der Waals surface area contributed by atoms with Crippen LogP contribution in [0.5, 0.6) is 0 Å². The third kappa shape index (κ3) is 33.9. The maximum atomic E-state index is 10.4. The number of hydrogen-bond acceptors (Lipinski definition) is 1. The molecule has 0 fully saturated rings. The zero-order valence-corrected chi connectivity index (χ0v) is 30.2. The Balaban J connectivity index is 3.94. The van der Waals surface area contributed by atoms with E-state index in [4.69, 9.17) is 0 Å². The van der Waals surface area contributed by atoms with E-state index < -0.39 is 0 Å². The number of rotatable bonds is 36. The summed E-state index contributed by atoms with van der Waals surface area (Å²) in [5.41, 5.74) is 3.51. The lowest BCUT2D eigenvalue weighted by molar-refractivity contribution is -0.107. The summed E-state index contributed by atoms with van der Waals surface area (Å²) in [5, 5.41) is 0. The second kappa shape index (κ2) is 37.3. The highest BCUT2D eigenvalue weighted by atomic mass is 16.1. The van der Waals surface area contributed by atoms with Crippen molar-refractivity contribution in [3.05, 3.63) is 23.3 Å². The summed E-state index contributed by atoms with van der Waals surface area (Å²) in [6.07, 6.45) is 52.4. The molecule has 0 aromatic heterocycles. The van der Waals surface area contributed by atoms with Gasteiger partial charge in [0, 0.05) is 6.42 Å². The highest BCUT2D eigenvalue weighted by molar-refractivity contribution is 5.48. The second-order valence-corrected chi connectivity index (χ2v) is 13.7. The van der Waals surface area contributed by atoms with Gasteiger partial charge in [-0.15, -0.1) is 0 Å². The summed E-state index contributed by atoms with van der Waals surface area (Å²) in [6.45, 7) is 6.96. The van der Waals surface area contributed by atoms with Gasteiger partial charge in [0.15, 0.2) is 0 Å². The first-order chi connectivity index (χ1) is 21.3. The molecule has 43 heavy (non-hydrogen) atoms. The van der Waals surface area contributed by atoms with E-state index in [1.54, 1.807) is 11.1 Å². The lowest BCUT2D eigenvalue weighted by atomic mass is 9.97. The zero-order valence-electron chi connectivity index (χ0n) is 30.2. The topological polar surface area (TPSA) is 17.1 Å². The van der Waals surface area contributed by atoms with Gasteiger partial charge in [0.05, 0.1) is 0 Å². The predicted octanol–water partition coefficient (Wildman–Crippen LogP) is 15.4. The van der Waals surface area contributed by atoms with Crippen LogP contribution in [0.3, 0.4) is 0 Å². The second-order valence-electron chi connectivity index (χ2n) is 13.7. The summed E-state index contributed by atoms with van der Waals surface area (Å²) in [4.78, 5) is 10.4. The van der Waals surface area contributed by atoms with Gasteiger partial charge in [0.2, 0.25) is 0 Å². The maximum Gasteiger partial charge on any atom is 0.119 e. The molecule has 0 N–H and O–H groups in total. The van der Waals surface area contributed by atoms with Crippen LogP contribution in [0.4, 0.5) is 0 Å². The van der Waals surface area contributed by atoms with Crippen LogP contribution in [0.2, 0.25) is 0 Å². The van der Waals surface area contributed by atoms with Crippen LogP contribution < -0.4 is 0 Å². The standard InChI is InChI=1S/C42H80O/c1-4-7-10-11-12-13-14-15-16-17-18-20-24-29-36-41(34-8-5-2)38-31-26-23-27-32-39-42(35-9-6-3)37-30-25-21-19-22-28-33-40-43/h37-38,40H,4-36,39H2,1-3H3/b41-38-,42-37-. The van der Waals surface area contributed by atoms with Crippen molar-refractivity contribution < 1.29 is 4.79 Å². The Hall–Kier alpha value is -0.850. The summed E-state index contributed by atoms with van der Waals surface area (Å²) in [7, 11) is 0. The smallest absolute Gasteiger partial charge is 0.119 e. The van der Waals surface area contributed by atoms with Crippen LogP contribution in [0.15, 0.2) is 23.3 Å². The van der Waals surface area contributed by atoms with E-state index in [1.165, 1.54) is 205 Å². The summed E-state index contributed by atoms with van der Waals surface area (Å²) < 4.78 is 0. The fourth-order valence-corrected chi connectivity index (χ4v) is 6.38. The Bertz CT molecular complexity index is 600. The molecule has 0 amide bonds. The molecule has 0 heterocycles. The number of unbranched alkanes of at least 4 members (excludes halogenated alkanes) is 25. The van der Waals surface area contributed by atoms with Gasteiger partial charge < -0.3 is 4.79 Å². The van der Waals surface area contributed by atoms with Crippen molar-refractivity contribution in [1.82, 2.24) is 0 Å². The molecule has 1 heteroatoms. The van der Waals surface area contributed by atoms with Crippen LogP contribution in [-0.2, 0) is 4.79 Å². The number of carbonyl (C=O) groups excluding carboxylic acids is 1. The summed E-state index contributed by atoms with van der Waals surface area (Å²) in [6, 6.07) is 0. The molecule has 0 aromatic rings. The summed E-state index contributed by atoms with van der Waals surface area (Å²) in [5.74, 6) is 0. The van der Waals surface area contributed by atoms with Gasteiger partial charge in [-0.2, -0.15) is 0 Å². The van der Waals surface area contributed by atoms with Gasteiger partial charge in [0.25, 0.3) is 0 Å². The molecular formula is C42H80O. The van der Waals surface area contributed by atoms with Gasteiger partial charge in [0.1, 0.15) is 6.29 Å². The molecule has 0 saturated carbocycles. The molecule has 0 radical (unpaired) electrons. The molecule has 0 spiro atoms. The number of aldehydes is 1. The van der Waals surface area contributed by atoms with E-state index in [0.717, 1.165) is 19.1 Å². The molecule has 0 bridgehead atoms. The molecule has 1 nitrogen and oxygen atoms in total. The first-order valence-corrected chi connectivity index (χ1v) is 20.1. The molecule has 0 saturated heterocycles. The van der Waals surface area contributed by atoms with E-state index in [2.05, 4.69) is 32.9 Å². The molecule has 0 aliphatic rings. The van der Waals surface area contributed by atoms with Gasteiger partial charge in [-0.05, 0) is 83.5 Å². The van der Waals surface area contributed by atoms with Crippen LogP contribution >= 0.6 is 0 Å². The highest BCUT2D eigenvalue weighted by Gasteiger charge is 2.01. The summed E-state index contributed by atoms with van der Waals surface area (Å²) >= 11 is 0. The minimum atomic E-state index is 0.747. The molecule has 254 valence electrons. The van der Waals surface area contributed by atoms with E-state index in [0.29, 0.717) is 0 Å². The van der Waals surface area contributed by atoms with E-state index in [1.807, 2.05) is 0 Å². The van der Waals surface area contributed by atoms with Crippen LogP contribution in [-0.4, -0.2) is 6.29 Å². The zero-order chi connectivity index (χ0) is 31.3. The quantitative estimate of drug-likeness (QED) is 0.0397. The Morgan fingerprint density at radius 1 is 0.326 bits per heavy atom. The molecular weight excluding hydrogens is 520 g/mol. The Kier molecular flexibility index (Phi) is 36.6. The van der Waals surface area contributed by atoms with Crippen LogP contribution in [0.25, 0.3) is 0 Å². The molecule has 0 aromatic carbocycles. The van der Waals surface area contributed by atoms with Gasteiger partial charge >= 0.3 is 0 Å². The molecule has 0 aliphatic heterocycles. The largest absolute Gasteiger partial charge is 0.303 e. The van der Waals surface area contributed by atoms with Crippen molar-refractivity contribution in [2.24, 2.45) is 0 Å². The van der Waals surface area contributed by atoms with Crippen molar-refractivity contribution in [3.63, 3.8) is 0 Å². The van der Waals surface area contributed by atoms with E-state index in [-0.39, 0.29) is 0 Å². The predicted molar refractivity (Wildman–Crippen MR) is 196 cm³/mol. The number of allylic oxidation sites excluding steroid dienone is 4.